The lowest BCUT2D eigenvalue weighted by Crippen LogP contribution is -2.51. The van der Waals surface area contributed by atoms with Crippen molar-refractivity contribution in [3.8, 4) is 5.75 Å². The summed E-state index contributed by atoms with van der Waals surface area (Å²) < 4.78 is 5.89. The van der Waals surface area contributed by atoms with E-state index in [1.54, 1.807) is 46.9 Å². The molecule has 1 saturated heterocycles. The third-order valence-electron chi connectivity index (χ3n) is 6.35. The van der Waals surface area contributed by atoms with Gasteiger partial charge in [0.25, 0.3) is 5.91 Å². The van der Waals surface area contributed by atoms with E-state index in [0.717, 1.165) is 12.3 Å². The number of carbonyl (C=O) groups excluding carboxylic acids is 2. The molecule has 2 aliphatic rings. The zero-order chi connectivity index (χ0) is 22.2. The van der Waals surface area contributed by atoms with Gasteiger partial charge in [-0.3, -0.25) is 24.5 Å². The summed E-state index contributed by atoms with van der Waals surface area (Å²) in [5.74, 6) is 1.34. The van der Waals surface area contributed by atoms with Crippen molar-refractivity contribution in [3.63, 3.8) is 0 Å². The fraction of sp³-hybridized carbons (Fsp3) is 0.542. The summed E-state index contributed by atoms with van der Waals surface area (Å²) in [6, 6.07) is 1.78. The van der Waals surface area contributed by atoms with Crippen molar-refractivity contribution in [1.29, 1.82) is 0 Å². The van der Waals surface area contributed by atoms with Gasteiger partial charge in [-0.1, -0.05) is 32.1 Å². The molecule has 1 saturated carbocycles. The summed E-state index contributed by atoms with van der Waals surface area (Å²) >= 11 is 0. The summed E-state index contributed by atoms with van der Waals surface area (Å²) in [6.07, 6.45) is 15.9. The number of pyridine rings is 1. The molecule has 8 nitrogen and oxygen atoms in total. The average Bonchev–Trinajstić information content (AvgIpc) is 2.85. The van der Waals surface area contributed by atoms with Crippen LogP contribution in [0.1, 0.15) is 54.6 Å². The van der Waals surface area contributed by atoms with E-state index in [0.29, 0.717) is 49.8 Å². The van der Waals surface area contributed by atoms with Crippen LogP contribution in [0.2, 0.25) is 0 Å². The largest absolute Gasteiger partial charge is 0.492 e. The zero-order valence-electron chi connectivity index (χ0n) is 18.5. The van der Waals surface area contributed by atoms with Crippen molar-refractivity contribution in [3.05, 3.63) is 48.3 Å². The molecule has 0 spiro atoms. The Morgan fingerprint density at radius 2 is 1.72 bits per heavy atom. The van der Waals surface area contributed by atoms with Crippen LogP contribution in [0.25, 0.3) is 0 Å². The van der Waals surface area contributed by atoms with Crippen LogP contribution in [0.4, 0.5) is 0 Å². The maximum Gasteiger partial charge on any atom is 0.255 e. The Morgan fingerprint density at radius 3 is 2.47 bits per heavy atom. The molecule has 2 amide bonds. The number of ether oxygens (including phenoxy) is 1. The standard InChI is InChI=1S/C24H31N5O3/c30-23(15-21-17-25-7-8-27-21)28-9-11-29(12-10-28)24(31)20-14-22(18-26-16-20)32-13-6-19-4-2-1-3-5-19/h7-8,14,16-19H,1-6,9-13,15H2. The lowest BCUT2D eigenvalue weighted by Gasteiger charge is -2.34. The summed E-state index contributed by atoms with van der Waals surface area (Å²) in [6.45, 7) is 2.68. The highest BCUT2D eigenvalue weighted by Gasteiger charge is 2.25. The minimum absolute atomic E-state index is 0.00706. The molecule has 1 aliphatic carbocycles. The number of hydrogen-bond donors (Lipinski definition) is 0. The Labute approximate surface area is 189 Å². The first-order valence-electron chi connectivity index (χ1n) is 11.6. The van der Waals surface area contributed by atoms with Gasteiger partial charge in [0, 0.05) is 51.0 Å². The first-order chi connectivity index (χ1) is 15.7. The normalized spacial score (nSPS) is 17.2. The zero-order valence-corrected chi connectivity index (χ0v) is 18.5. The lowest BCUT2D eigenvalue weighted by molar-refractivity contribution is -0.132. The van der Waals surface area contributed by atoms with Gasteiger partial charge in [-0.05, 0) is 18.4 Å². The van der Waals surface area contributed by atoms with E-state index in [1.165, 1.54) is 32.1 Å². The lowest BCUT2D eigenvalue weighted by atomic mass is 9.87. The smallest absolute Gasteiger partial charge is 0.255 e. The predicted octanol–water partition coefficient (Wildman–Crippen LogP) is 2.75. The molecule has 170 valence electrons. The fourth-order valence-corrected chi connectivity index (χ4v) is 4.46. The summed E-state index contributed by atoms with van der Waals surface area (Å²) in [4.78, 5) is 41.4. The number of rotatable bonds is 7. The third kappa shape index (κ3) is 6.02. The molecular weight excluding hydrogens is 406 g/mol. The molecule has 0 unspecified atom stereocenters. The van der Waals surface area contributed by atoms with Crippen LogP contribution < -0.4 is 4.74 Å². The van der Waals surface area contributed by atoms with Crippen LogP contribution in [0, 0.1) is 5.92 Å². The number of carbonyl (C=O) groups is 2. The molecule has 3 heterocycles. The van der Waals surface area contributed by atoms with Crippen molar-refractivity contribution in [1.82, 2.24) is 24.8 Å². The Kier molecular flexibility index (Phi) is 7.64. The van der Waals surface area contributed by atoms with Crippen molar-refractivity contribution in [2.45, 2.75) is 44.9 Å². The quantitative estimate of drug-likeness (QED) is 0.662. The van der Waals surface area contributed by atoms with Crippen molar-refractivity contribution in [2.24, 2.45) is 5.92 Å². The molecule has 2 aromatic heterocycles. The van der Waals surface area contributed by atoms with Gasteiger partial charge in [-0.2, -0.15) is 0 Å². The van der Waals surface area contributed by atoms with E-state index in [9.17, 15) is 9.59 Å². The maximum atomic E-state index is 12.9. The Hall–Kier alpha value is -3.03. The Morgan fingerprint density at radius 1 is 0.938 bits per heavy atom. The topological polar surface area (TPSA) is 88.5 Å². The second kappa shape index (κ2) is 11.0. The molecule has 0 bridgehead atoms. The van der Waals surface area contributed by atoms with Gasteiger partial charge in [-0.25, -0.2) is 0 Å². The highest BCUT2D eigenvalue weighted by Crippen LogP contribution is 2.26. The van der Waals surface area contributed by atoms with Crippen molar-refractivity contribution in [2.75, 3.05) is 32.8 Å². The average molecular weight is 438 g/mol. The van der Waals surface area contributed by atoms with Gasteiger partial charge in [0.05, 0.1) is 30.5 Å². The first kappa shape index (κ1) is 22.2. The number of nitrogens with zero attached hydrogens (tertiary/aromatic N) is 5. The Balaban J connectivity index is 1.24. The van der Waals surface area contributed by atoms with Gasteiger partial charge in [0.1, 0.15) is 5.75 Å². The molecule has 0 atom stereocenters. The van der Waals surface area contributed by atoms with Gasteiger partial charge >= 0.3 is 0 Å². The van der Waals surface area contributed by atoms with Crippen LogP contribution in [0.5, 0.6) is 5.75 Å². The molecule has 8 heteroatoms. The van der Waals surface area contributed by atoms with E-state index in [-0.39, 0.29) is 18.2 Å². The minimum Gasteiger partial charge on any atom is -0.492 e. The van der Waals surface area contributed by atoms with Gasteiger partial charge in [-0.15, -0.1) is 0 Å². The summed E-state index contributed by atoms with van der Waals surface area (Å²) in [5, 5.41) is 0. The number of amides is 2. The first-order valence-corrected chi connectivity index (χ1v) is 11.6. The molecular formula is C24H31N5O3. The SMILES string of the molecule is O=C(Cc1cnccn1)N1CCN(C(=O)c2cncc(OCCC3CCCCC3)c2)CC1. The highest BCUT2D eigenvalue weighted by molar-refractivity contribution is 5.94. The van der Waals surface area contributed by atoms with Crippen molar-refractivity contribution < 1.29 is 14.3 Å². The van der Waals surface area contributed by atoms with E-state index < -0.39 is 0 Å². The third-order valence-corrected chi connectivity index (χ3v) is 6.35. The molecule has 0 aromatic carbocycles. The van der Waals surface area contributed by atoms with Crippen molar-refractivity contribution >= 4 is 11.8 Å². The molecule has 2 aromatic rings. The molecule has 2 fully saturated rings. The van der Waals surface area contributed by atoms with Crippen LogP contribution in [-0.2, 0) is 11.2 Å². The predicted molar refractivity (Wildman–Crippen MR) is 119 cm³/mol. The van der Waals surface area contributed by atoms with E-state index in [2.05, 4.69) is 15.0 Å². The molecule has 4 rings (SSSR count). The highest BCUT2D eigenvalue weighted by atomic mass is 16.5. The maximum absolute atomic E-state index is 12.9. The van der Waals surface area contributed by atoms with E-state index >= 15 is 0 Å². The molecule has 0 radical (unpaired) electrons. The Bertz CT molecular complexity index is 894. The second-order valence-corrected chi connectivity index (χ2v) is 8.60. The van der Waals surface area contributed by atoms with Gasteiger partial charge in [0.2, 0.25) is 5.91 Å². The van der Waals surface area contributed by atoms with Crippen LogP contribution in [0.3, 0.4) is 0 Å². The van der Waals surface area contributed by atoms with Crippen LogP contribution >= 0.6 is 0 Å². The van der Waals surface area contributed by atoms with Gasteiger partial charge in [0.15, 0.2) is 0 Å². The van der Waals surface area contributed by atoms with E-state index in [4.69, 9.17) is 4.74 Å². The number of aromatic nitrogens is 3. The minimum atomic E-state index is -0.0729. The van der Waals surface area contributed by atoms with Gasteiger partial charge < -0.3 is 14.5 Å². The molecule has 32 heavy (non-hydrogen) atoms. The van der Waals surface area contributed by atoms with Crippen LogP contribution in [-0.4, -0.2) is 69.4 Å². The summed E-state index contributed by atoms with van der Waals surface area (Å²) in [5.41, 5.74) is 1.18. The summed E-state index contributed by atoms with van der Waals surface area (Å²) in [7, 11) is 0. The monoisotopic (exact) mass is 437 g/mol. The van der Waals surface area contributed by atoms with E-state index in [1.807, 2.05) is 0 Å². The second-order valence-electron chi connectivity index (χ2n) is 8.60. The number of piperazine rings is 1. The molecule has 0 N–H and O–H groups in total. The molecule has 1 aliphatic heterocycles. The fourth-order valence-electron chi connectivity index (χ4n) is 4.46. The van der Waals surface area contributed by atoms with Crippen LogP contribution in [0.15, 0.2) is 37.1 Å². The number of hydrogen-bond acceptors (Lipinski definition) is 6.